The van der Waals surface area contributed by atoms with Gasteiger partial charge in [-0.3, -0.25) is 19.3 Å². The van der Waals surface area contributed by atoms with Crippen molar-refractivity contribution in [1.82, 2.24) is 9.80 Å². The summed E-state index contributed by atoms with van der Waals surface area (Å²) in [5, 5.41) is 0. The lowest BCUT2D eigenvalue weighted by atomic mass is 9.84. The molecule has 2 saturated heterocycles. The number of imide groups is 1. The van der Waals surface area contributed by atoms with Crippen molar-refractivity contribution in [1.29, 1.82) is 0 Å². The average Bonchev–Trinajstić information content (AvgIpc) is 2.93. The van der Waals surface area contributed by atoms with Crippen molar-refractivity contribution < 1.29 is 14.4 Å². The summed E-state index contributed by atoms with van der Waals surface area (Å²) in [4.78, 5) is 41.7. The van der Waals surface area contributed by atoms with Gasteiger partial charge in [0, 0.05) is 25.0 Å². The first-order valence-corrected chi connectivity index (χ1v) is 9.97. The standard InChI is InChI=1S/C20H28N2O3/c23-18(21-12-4-1-5-13-21)14-8-10-15(11-9-14)22-19(24)16-6-2-3-7-17(16)20(22)25/h2-3,14-17H,1,4-13H2/t14?,15?,16-,17-/m0/s1. The summed E-state index contributed by atoms with van der Waals surface area (Å²) in [6, 6.07) is 0.0102. The Kier molecular flexibility index (Phi) is 4.65. The van der Waals surface area contributed by atoms with E-state index in [0.29, 0.717) is 18.7 Å². The molecule has 0 N–H and O–H groups in total. The van der Waals surface area contributed by atoms with Crippen LogP contribution < -0.4 is 0 Å². The predicted octanol–water partition coefficient (Wildman–Crippen LogP) is 2.51. The number of allylic oxidation sites excluding steroid dienone is 2. The minimum absolute atomic E-state index is 0.0102. The van der Waals surface area contributed by atoms with Crippen LogP contribution in [0, 0.1) is 17.8 Å². The molecule has 0 radical (unpaired) electrons. The van der Waals surface area contributed by atoms with Crippen molar-refractivity contribution in [3.63, 3.8) is 0 Å². The molecule has 4 aliphatic rings. The molecule has 0 spiro atoms. The Morgan fingerprint density at radius 3 is 1.96 bits per heavy atom. The maximum Gasteiger partial charge on any atom is 0.233 e. The molecular weight excluding hydrogens is 316 g/mol. The van der Waals surface area contributed by atoms with Gasteiger partial charge < -0.3 is 4.90 Å². The second kappa shape index (κ2) is 6.93. The van der Waals surface area contributed by atoms with Crippen molar-refractivity contribution in [3.8, 4) is 0 Å². The maximum absolute atomic E-state index is 12.7. The van der Waals surface area contributed by atoms with Crippen LogP contribution in [0.1, 0.15) is 57.8 Å². The van der Waals surface area contributed by atoms with Gasteiger partial charge in [0.1, 0.15) is 0 Å². The Bertz CT molecular complexity index is 560. The number of carbonyl (C=O) groups excluding carboxylic acids is 3. The van der Waals surface area contributed by atoms with Crippen molar-refractivity contribution in [2.75, 3.05) is 13.1 Å². The van der Waals surface area contributed by atoms with Crippen LogP contribution in [0.4, 0.5) is 0 Å². The maximum atomic E-state index is 12.7. The van der Waals surface area contributed by atoms with E-state index in [2.05, 4.69) is 0 Å². The third-order valence-corrected chi connectivity index (χ3v) is 6.62. The van der Waals surface area contributed by atoms with E-state index in [0.717, 1.165) is 51.6 Å². The first-order chi connectivity index (χ1) is 12.2. The Morgan fingerprint density at radius 1 is 0.840 bits per heavy atom. The zero-order valence-electron chi connectivity index (χ0n) is 14.9. The van der Waals surface area contributed by atoms with Crippen molar-refractivity contribution >= 4 is 17.7 Å². The summed E-state index contributed by atoms with van der Waals surface area (Å²) in [5.74, 6) is 0.187. The highest BCUT2D eigenvalue weighted by molar-refractivity contribution is 6.05. The minimum atomic E-state index is -0.134. The van der Waals surface area contributed by atoms with Crippen molar-refractivity contribution in [2.24, 2.45) is 17.8 Å². The summed E-state index contributed by atoms with van der Waals surface area (Å²) in [5.41, 5.74) is 0. The van der Waals surface area contributed by atoms with Gasteiger partial charge in [-0.1, -0.05) is 12.2 Å². The summed E-state index contributed by atoms with van der Waals surface area (Å²) in [6.07, 6.45) is 12.1. The van der Waals surface area contributed by atoms with E-state index in [4.69, 9.17) is 0 Å². The van der Waals surface area contributed by atoms with Gasteiger partial charge in [-0.05, 0) is 57.8 Å². The fraction of sp³-hybridized carbons (Fsp3) is 0.750. The van der Waals surface area contributed by atoms with E-state index in [9.17, 15) is 14.4 Å². The Hall–Kier alpha value is -1.65. The van der Waals surface area contributed by atoms with E-state index in [1.54, 1.807) is 4.90 Å². The van der Waals surface area contributed by atoms with Crippen LogP contribution >= 0.6 is 0 Å². The number of nitrogens with zero attached hydrogens (tertiary/aromatic N) is 2. The lowest BCUT2D eigenvalue weighted by Crippen LogP contribution is -2.46. The Balaban J connectivity index is 1.36. The molecule has 0 aromatic rings. The fourth-order valence-corrected chi connectivity index (χ4v) is 5.14. The number of amides is 3. The molecule has 0 aromatic carbocycles. The Morgan fingerprint density at radius 2 is 1.40 bits per heavy atom. The van der Waals surface area contributed by atoms with Gasteiger partial charge in [-0.2, -0.15) is 0 Å². The second-order valence-electron chi connectivity index (χ2n) is 8.09. The smallest absolute Gasteiger partial charge is 0.233 e. The quantitative estimate of drug-likeness (QED) is 0.571. The van der Waals surface area contributed by atoms with Crippen LogP contribution in [0.5, 0.6) is 0 Å². The summed E-state index contributed by atoms with van der Waals surface area (Å²) < 4.78 is 0. The topological polar surface area (TPSA) is 57.7 Å². The van der Waals surface area contributed by atoms with Gasteiger partial charge in [-0.15, -0.1) is 0 Å². The largest absolute Gasteiger partial charge is 0.342 e. The number of piperidine rings is 1. The molecule has 5 nitrogen and oxygen atoms in total. The zero-order valence-corrected chi connectivity index (χ0v) is 14.9. The van der Waals surface area contributed by atoms with Crippen LogP contribution in [-0.4, -0.2) is 46.7 Å². The number of hydrogen-bond donors (Lipinski definition) is 0. The molecule has 2 atom stereocenters. The van der Waals surface area contributed by atoms with E-state index in [-0.39, 0.29) is 35.6 Å². The van der Waals surface area contributed by atoms with Crippen LogP contribution in [0.15, 0.2) is 12.2 Å². The summed E-state index contributed by atoms with van der Waals surface area (Å²) in [7, 11) is 0. The number of hydrogen-bond acceptors (Lipinski definition) is 3. The third-order valence-electron chi connectivity index (χ3n) is 6.62. The molecule has 3 fully saturated rings. The number of carbonyl (C=O) groups is 3. The molecule has 0 unspecified atom stereocenters. The van der Waals surface area contributed by atoms with Gasteiger partial charge in [0.05, 0.1) is 11.8 Å². The van der Waals surface area contributed by atoms with Gasteiger partial charge in [0.25, 0.3) is 0 Å². The van der Waals surface area contributed by atoms with Gasteiger partial charge >= 0.3 is 0 Å². The predicted molar refractivity (Wildman–Crippen MR) is 93.4 cm³/mol. The van der Waals surface area contributed by atoms with Crippen molar-refractivity contribution in [2.45, 2.75) is 63.8 Å². The Labute approximate surface area is 149 Å². The van der Waals surface area contributed by atoms with Crippen LogP contribution in [0.3, 0.4) is 0 Å². The third kappa shape index (κ3) is 3.02. The first-order valence-electron chi connectivity index (χ1n) is 9.97. The van der Waals surface area contributed by atoms with Gasteiger partial charge in [-0.25, -0.2) is 0 Å². The second-order valence-corrected chi connectivity index (χ2v) is 8.09. The summed E-state index contributed by atoms with van der Waals surface area (Å²) in [6.45, 7) is 1.80. The van der Waals surface area contributed by atoms with Gasteiger partial charge in [0.2, 0.25) is 17.7 Å². The van der Waals surface area contributed by atoms with E-state index >= 15 is 0 Å². The highest BCUT2D eigenvalue weighted by atomic mass is 16.2. The zero-order chi connectivity index (χ0) is 17.4. The first kappa shape index (κ1) is 16.8. The summed E-state index contributed by atoms with van der Waals surface area (Å²) >= 11 is 0. The molecule has 3 amide bonds. The number of likely N-dealkylation sites (tertiary alicyclic amines) is 2. The highest BCUT2D eigenvalue weighted by Crippen LogP contribution is 2.39. The molecule has 0 aromatic heterocycles. The fourth-order valence-electron chi connectivity index (χ4n) is 5.14. The average molecular weight is 344 g/mol. The lowest BCUT2D eigenvalue weighted by molar-refractivity contribution is -0.144. The van der Waals surface area contributed by atoms with Gasteiger partial charge in [0.15, 0.2) is 0 Å². The number of rotatable bonds is 2. The molecule has 2 aliphatic carbocycles. The molecule has 2 heterocycles. The van der Waals surface area contributed by atoms with E-state index in [1.807, 2.05) is 17.1 Å². The molecular formula is C20H28N2O3. The lowest BCUT2D eigenvalue weighted by Gasteiger charge is -2.36. The van der Waals surface area contributed by atoms with Crippen molar-refractivity contribution in [3.05, 3.63) is 12.2 Å². The molecule has 0 bridgehead atoms. The van der Waals surface area contributed by atoms with E-state index < -0.39 is 0 Å². The molecule has 1 saturated carbocycles. The minimum Gasteiger partial charge on any atom is -0.342 e. The molecule has 136 valence electrons. The molecule has 4 rings (SSSR count). The van der Waals surface area contributed by atoms with Crippen LogP contribution in [0.2, 0.25) is 0 Å². The van der Waals surface area contributed by atoms with E-state index in [1.165, 1.54) is 6.42 Å². The molecule has 25 heavy (non-hydrogen) atoms. The van der Waals surface area contributed by atoms with Crippen LogP contribution in [-0.2, 0) is 14.4 Å². The highest BCUT2D eigenvalue weighted by Gasteiger charge is 2.50. The number of fused-ring (bicyclic) bond motifs is 1. The van der Waals surface area contributed by atoms with Crippen LogP contribution in [0.25, 0.3) is 0 Å². The molecule has 2 aliphatic heterocycles. The normalized spacial score (nSPS) is 35.8. The SMILES string of the molecule is O=C(C1CCC(N2C(=O)[C@H]3CC=CC[C@@H]3C2=O)CC1)N1CCCCC1. The molecule has 5 heteroatoms. The monoisotopic (exact) mass is 344 g/mol.